The molecule has 3 aromatic carbocycles. The second-order valence-corrected chi connectivity index (χ2v) is 15.6. The molecule has 2 amide bonds. The van der Waals surface area contributed by atoms with Gasteiger partial charge in [0.1, 0.15) is 11.4 Å². The van der Waals surface area contributed by atoms with Crippen LogP contribution < -0.4 is 26.4 Å². The standard InChI is InChI=1S/C41H44Cl3N5O5/c1-8-32(54-33-15-14-25(40(4,5)9-2)21-29(33)41(6,7)10-3)38(52)45-27-13-11-12-24(20-27)37(51)46-36-35(48-18-16-28(50)17-19-48)39(53)49(47-36)34-30(43)22-26(42)23-31(34)44/h11-23,32,47H,8-10H2,1-7H3,(H,45,52)(H,46,51). The van der Waals surface area contributed by atoms with Gasteiger partial charge in [0.2, 0.25) is 0 Å². The van der Waals surface area contributed by atoms with Gasteiger partial charge in [0.15, 0.2) is 23.0 Å². The molecule has 54 heavy (non-hydrogen) atoms. The predicted octanol–water partition coefficient (Wildman–Crippen LogP) is 9.70. The Morgan fingerprint density at radius 1 is 0.815 bits per heavy atom. The first-order valence-corrected chi connectivity index (χ1v) is 18.9. The van der Waals surface area contributed by atoms with Crippen LogP contribution in [0.4, 0.5) is 11.5 Å². The van der Waals surface area contributed by atoms with E-state index < -0.39 is 17.6 Å². The number of pyridine rings is 1. The normalized spacial score (nSPS) is 12.3. The van der Waals surface area contributed by atoms with E-state index in [2.05, 4.69) is 69.4 Å². The maximum atomic E-state index is 13.8. The first-order valence-electron chi connectivity index (χ1n) is 17.7. The van der Waals surface area contributed by atoms with Gasteiger partial charge in [-0.1, -0.05) is 101 Å². The monoisotopic (exact) mass is 791 g/mol. The van der Waals surface area contributed by atoms with Crippen molar-refractivity contribution >= 4 is 58.1 Å². The van der Waals surface area contributed by atoms with Gasteiger partial charge in [-0.05, 0) is 72.1 Å². The Bertz CT molecular complexity index is 2280. The minimum absolute atomic E-state index is 0.0104. The van der Waals surface area contributed by atoms with E-state index in [9.17, 15) is 19.2 Å². The molecule has 0 radical (unpaired) electrons. The van der Waals surface area contributed by atoms with Crippen molar-refractivity contribution in [3.63, 3.8) is 0 Å². The number of hydrogen-bond acceptors (Lipinski definition) is 5. The van der Waals surface area contributed by atoms with Gasteiger partial charge < -0.3 is 19.9 Å². The van der Waals surface area contributed by atoms with Crippen LogP contribution in [0.2, 0.25) is 15.1 Å². The van der Waals surface area contributed by atoms with E-state index in [1.165, 1.54) is 52.9 Å². The summed E-state index contributed by atoms with van der Waals surface area (Å²) < 4.78 is 8.90. The molecular formula is C41H44Cl3N5O5. The fraction of sp³-hybridized carbons (Fsp3) is 0.317. The lowest BCUT2D eigenvalue weighted by Crippen LogP contribution is -2.33. The molecule has 0 saturated heterocycles. The summed E-state index contributed by atoms with van der Waals surface area (Å²) in [5, 5.41) is 8.97. The zero-order chi connectivity index (χ0) is 39.5. The molecule has 2 heterocycles. The Morgan fingerprint density at radius 2 is 1.46 bits per heavy atom. The fourth-order valence-electron chi connectivity index (χ4n) is 5.82. The molecule has 0 spiro atoms. The molecule has 0 fully saturated rings. The van der Waals surface area contributed by atoms with E-state index >= 15 is 0 Å². The molecule has 0 aliphatic rings. The van der Waals surface area contributed by atoms with E-state index in [0.717, 1.165) is 23.1 Å². The highest BCUT2D eigenvalue weighted by Gasteiger charge is 2.29. The highest BCUT2D eigenvalue weighted by molar-refractivity contribution is 6.40. The van der Waals surface area contributed by atoms with Crippen LogP contribution in [0.5, 0.6) is 5.75 Å². The highest BCUT2D eigenvalue weighted by Crippen LogP contribution is 2.39. The van der Waals surface area contributed by atoms with Crippen LogP contribution in [0.3, 0.4) is 0 Å². The van der Waals surface area contributed by atoms with Crippen LogP contribution in [-0.4, -0.2) is 32.3 Å². The molecule has 0 aliphatic carbocycles. The number of rotatable bonds is 13. The molecule has 5 aromatic rings. The van der Waals surface area contributed by atoms with Gasteiger partial charge in [0.25, 0.3) is 17.4 Å². The summed E-state index contributed by atoms with van der Waals surface area (Å²) in [6.07, 6.45) is 4.24. The van der Waals surface area contributed by atoms with Crippen LogP contribution in [-0.2, 0) is 15.6 Å². The van der Waals surface area contributed by atoms with Crippen molar-refractivity contribution in [3.05, 3.63) is 131 Å². The number of ether oxygens (including phenoxy) is 1. The van der Waals surface area contributed by atoms with Crippen molar-refractivity contribution in [1.82, 2.24) is 14.3 Å². The number of carbonyl (C=O) groups is 2. The Morgan fingerprint density at radius 3 is 2.07 bits per heavy atom. The lowest BCUT2D eigenvalue weighted by Gasteiger charge is -2.31. The minimum Gasteiger partial charge on any atom is -0.480 e. The SMILES string of the molecule is CCC(Oc1ccc(C(C)(C)CC)cc1C(C)(C)CC)C(=O)Nc1cccc(C(=O)Nc2[nH]n(-c3c(Cl)cc(Cl)cc3Cl)c(=O)c2-n2ccc(=O)cc2)c1. The van der Waals surface area contributed by atoms with E-state index in [0.29, 0.717) is 17.9 Å². The summed E-state index contributed by atoms with van der Waals surface area (Å²) in [5.74, 6) is -0.316. The van der Waals surface area contributed by atoms with Crippen molar-refractivity contribution in [1.29, 1.82) is 0 Å². The lowest BCUT2D eigenvalue weighted by atomic mass is 9.76. The Kier molecular flexibility index (Phi) is 12.2. The molecule has 284 valence electrons. The van der Waals surface area contributed by atoms with Crippen molar-refractivity contribution < 1.29 is 14.3 Å². The third-order valence-electron chi connectivity index (χ3n) is 9.95. The van der Waals surface area contributed by atoms with Crippen LogP contribution >= 0.6 is 34.8 Å². The van der Waals surface area contributed by atoms with Crippen molar-refractivity contribution in [2.24, 2.45) is 0 Å². The molecule has 13 heteroatoms. The number of aromatic amines is 1. The second kappa shape index (κ2) is 16.3. The summed E-state index contributed by atoms with van der Waals surface area (Å²) in [6.45, 7) is 15.0. The van der Waals surface area contributed by atoms with Crippen LogP contribution in [0, 0.1) is 0 Å². The van der Waals surface area contributed by atoms with Crippen molar-refractivity contribution in [3.8, 4) is 17.1 Å². The summed E-state index contributed by atoms with van der Waals surface area (Å²) in [5.41, 5.74) is 1.80. The first kappa shape index (κ1) is 40.4. The highest BCUT2D eigenvalue weighted by atomic mass is 35.5. The summed E-state index contributed by atoms with van der Waals surface area (Å²) in [7, 11) is 0. The zero-order valence-corrected chi connectivity index (χ0v) is 33.5. The third-order valence-corrected chi connectivity index (χ3v) is 10.7. The second-order valence-electron chi connectivity index (χ2n) is 14.4. The number of halogens is 3. The molecule has 0 aliphatic heterocycles. The molecule has 1 unspecified atom stereocenters. The van der Waals surface area contributed by atoms with Gasteiger partial charge in [-0.3, -0.25) is 24.3 Å². The fourth-order valence-corrected chi connectivity index (χ4v) is 6.81. The number of carbonyl (C=O) groups excluding carboxylic acids is 2. The Labute approximate surface area is 329 Å². The Balaban J connectivity index is 1.42. The average Bonchev–Trinajstić information content (AvgIpc) is 3.44. The topological polar surface area (TPSA) is 127 Å². The molecule has 3 N–H and O–H groups in total. The van der Waals surface area contributed by atoms with Gasteiger partial charge >= 0.3 is 0 Å². The van der Waals surface area contributed by atoms with E-state index in [1.54, 1.807) is 18.2 Å². The molecule has 5 rings (SSSR count). The number of nitrogens with one attached hydrogen (secondary N) is 3. The van der Waals surface area contributed by atoms with Crippen LogP contribution in [0.1, 0.15) is 89.2 Å². The van der Waals surface area contributed by atoms with E-state index in [1.807, 2.05) is 13.0 Å². The third kappa shape index (κ3) is 8.62. The quantitative estimate of drug-likeness (QED) is 0.109. The van der Waals surface area contributed by atoms with Crippen LogP contribution in [0.25, 0.3) is 11.4 Å². The first-order chi connectivity index (χ1) is 25.5. The van der Waals surface area contributed by atoms with Gasteiger partial charge in [0.05, 0.1) is 10.0 Å². The molecule has 0 bridgehead atoms. The summed E-state index contributed by atoms with van der Waals surface area (Å²) in [4.78, 5) is 53.1. The van der Waals surface area contributed by atoms with Crippen molar-refractivity contribution in [2.45, 2.75) is 84.7 Å². The molecule has 1 atom stereocenters. The zero-order valence-electron chi connectivity index (χ0n) is 31.3. The van der Waals surface area contributed by atoms with Gasteiger partial charge in [0, 0.05) is 46.4 Å². The van der Waals surface area contributed by atoms with Gasteiger partial charge in [-0.25, -0.2) is 4.68 Å². The number of H-pyrrole nitrogens is 1. The number of nitrogens with zero attached hydrogens (tertiary/aromatic N) is 2. The Hall–Kier alpha value is -4.77. The molecular weight excluding hydrogens is 749 g/mol. The number of aromatic nitrogens is 3. The van der Waals surface area contributed by atoms with Gasteiger partial charge in [-0.2, -0.15) is 0 Å². The number of amides is 2. The van der Waals surface area contributed by atoms with E-state index in [-0.39, 0.29) is 60.0 Å². The number of anilines is 2. The largest absolute Gasteiger partial charge is 0.480 e. The van der Waals surface area contributed by atoms with Crippen molar-refractivity contribution in [2.75, 3.05) is 10.6 Å². The number of hydrogen-bond donors (Lipinski definition) is 3. The minimum atomic E-state index is -0.810. The smallest absolute Gasteiger partial charge is 0.297 e. The molecule has 2 aromatic heterocycles. The average molecular weight is 793 g/mol. The van der Waals surface area contributed by atoms with Gasteiger partial charge in [-0.15, -0.1) is 0 Å². The summed E-state index contributed by atoms with van der Waals surface area (Å²) in [6, 6.07) is 18.0. The number of benzene rings is 3. The van der Waals surface area contributed by atoms with E-state index in [4.69, 9.17) is 39.5 Å². The maximum absolute atomic E-state index is 13.8. The maximum Gasteiger partial charge on any atom is 0.297 e. The predicted molar refractivity (Wildman–Crippen MR) is 218 cm³/mol. The molecule has 0 saturated carbocycles. The molecule has 10 nitrogen and oxygen atoms in total. The lowest BCUT2D eigenvalue weighted by molar-refractivity contribution is -0.122. The summed E-state index contributed by atoms with van der Waals surface area (Å²) >= 11 is 19.0. The van der Waals surface area contributed by atoms with Crippen LogP contribution in [0.15, 0.2) is 88.7 Å².